The molecule has 0 saturated heterocycles. The summed E-state index contributed by atoms with van der Waals surface area (Å²) in [5, 5.41) is 7.97. The van der Waals surface area contributed by atoms with Crippen molar-refractivity contribution >= 4 is 27.9 Å². The van der Waals surface area contributed by atoms with Crippen molar-refractivity contribution in [2.45, 2.75) is 26.3 Å². The van der Waals surface area contributed by atoms with Gasteiger partial charge in [-0.05, 0) is 50.1 Å². The fourth-order valence-corrected chi connectivity index (χ4v) is 4.32. The van der Waals surface area contributed by atoms with Gasteiger partial charge in [0.05, 0.1) is 26.0 Å². The summed E-state index contributed by atoms with van der Waals surface area (Å²) in [5.41, 5.74) is 10.7. The van der Waals surface area contributed by atoms with E-state index in [1.165, 1.54) is 0 Å². The minimum absolute atomic E-state index is 0.128. The smallest absolute Gasteiger partial charge is 0.206 e. The van der Waals surface area contributed by atoms with Crippen molar-refractivity contribution in [1.82, 2.24) is 4.98 Å². The first-order valence-electron chi connectivity index (χ1n) is 9.41. The number of aryl methyl sites for hydroxylation is 1. The first-order valence-corrected chi connectivity index (χ1v) is 10.2. The van der Waals surface area contributed by atoms with Gasteiger partial charge < -0.3 is 15.2 Å². The second-order valence-electron chi connectivity index (χ2n) is 7.09. The Morgan fingerprint density at radius 2 is 1.79 bits per heavy atom. The third kappa shape index (κ3) is 3.65. The van der Waals surface area contributed by atoms with Crippen LogP contribution in [-0.2, 0) is 6.42 Å². The van der Waals surface area contributed by atoms with E-state index in [-0.39, 0.29) is 6.04 Å². The first kappa shape index (κ1) is 19.3. The molecule has 150 valence electrons. The molecular weight excluding hydrogens is 384 g/mol. The van der Waals surface area contributed by atoms with Crippen molar-refractivity contribution in [3.8, 4) is 11.5 Å². The van der Waals surface area contributed by atoms with Gasteiger partial charge in [0.25, 0.3) is 0 Å². The molecule has 1 aliphatic rings. The first-order chi connectivity index (χ1) is 14.0. The van der Waals surface area contributed by atoms with Crippen LogP contribution in [0.4, 0.5) is 10.8 Å². The SMILES string of the molecule is COc1cc2c(cc1OC)C(c1ccc(N)cc1)=NN(c1ncc(C)s1)C(C)C2. The highest BCUT2D eigenvalue weighted by atomic mass is 32.1. The summed E-state index contributed by atoms with van der Waals surface area (Å²) in [4.78, 5) is 5.73. The quantitative estimate of drug-likeness (QED) is 0.653. The number of aromatic nitrogens is 1. The monoisotopic (exact) mass is 408 g/mol. The number of hydrogen-bond donors (Lipinski definition) is 1. The summed E-state index contributed by atoms with van der Waals surface area (Å²) in [7, 11) is 3.30. The van der Waals surface area contributed by atoms with Gasteiger partial charge in [0.15, 0.2) is 11.5 Å². The average molecular weight is 409 g/mol. The molecule has 1 aliphatic heterocycles. The minimum atomic E-state index is 0.128. The molecule has 0 fully saturated rings. The van der Waals surface area contributed by atoms with Crippen LogP contribution in [0.3, 0.4) is 0 Å². The predicted molar refractivity (Wildman–Crippen MR) is 119 cm³/mol. The fourth-order valence-electron chi connectivity index (χ4n) is 3.51. The maximum absolute atomic E-state index is 5.91. The molecule has 0 bridgehead atoms. The van der Waals surface area contributed by atoms with Crippen LogP contribution in [0.15, 0.2) is 47.7 Å². The zero-order chi connectivity index (χ0) is 20.5. The van der Waals surface area contributed by atoms with Crippen molar-refractivity contribution in [3.05, 3.63) is 64.2 Å². The predicted octanol–water partition coefficient (Wildman–Crippen LogP) is 4.25. The second kappa shape index (κ2) is 7.75. The Bertz CT molecular complexity index is 1060. The molecule has 7 heteroatoms. The van der Waals surface area contributed by atoms with Crippen molar-refractivity contribution < 1.29 is 9.47 Å². The molecule has 2 heterocycles. The maximum atomic E-state index is 5.91. The lowest BCUT2D eigenvalue weighted by molar-refractivity contribution is 0.354. The third-order valence-corrected chi connectivity index (χ3v) is 5.90. The van der Waals surface area contributed by atoms with E-state index in [0.717, 1.165) is 44.5 Å². The van der Waals surface area contributed by atoms with Gasteiger partial charge in [0.1, 0.15) is 0 Å². The van der Waals surface area contributed by atoms with Crippen LogP contribution < -0.4 is 20.2 Å². The van der Waals surface area contributed by atoms with Crippen LogP contribution in [0.5, 0.6) is 11.5 Å². The Hall–Kier alpha value is -3.06. The summed E-state index contributed by atoms with van der Waals surface area (Å²) in [6, 6.07) is 12.0. The van der Waals surface area contributed by atoms with Crippen molar-refractivity contribution in [3.63, 3.8) is 0 Å². The maximum Gasteiger partial charge on any atom is 0.206 e. The highest BCUT2D eigenvalue weighted by Gasteiger charge is 2.27. The molecule has 6 nitrogen and oxygen atoms in total. The molecule has 0 spiro atoms. The van der Waals surface area contributed by atoms with Crippen LogP contribution >= 0.6 is 11.3 Å². The second-order valence-corrected chi connectivity index (χ2v) is 8.30. The zero-order valence-corrected chi connectivity index (χ0v) is 17.8. The van der Waals surface area contributed by atoms with E-state index >= 15 is 0 Å². The molecule has 1 atom stereocenters. The minimum Gasteiger partial charge on any atom is -0.493 e. The molecule has 2 N–H and O–H groups in total. The summed E-state index contributed by atoms with van der Waals surface area (Å²) in [5.74, 6) is 1.40. The number of ether oxygens (including phenoxy) is 2. The van der Waals surface area contributed by atoms with Crippen molar-refractivity contribution in [1.29, 1.82) is 0 Å². The number of hydrogen-bond acceptors (Lipinski definition) is 7. The van der Waals surface area contributed by atoms with E-state index < -0.39 is 0 Å². The van der Waals surface area contributed by atoms with Crippen LogP contribution in [-0.4, -0.2) is 31.0 Å². The number of hydrazone groups is 1. The molecule has 3 aromatic rings. The Kier molecular flexibility index (Phi) is 5.15. The number of benzene rings is 2. The van der Waals surface area contributed by atoms with Gasteiger partial charge >= 0.3 is 0 Å². The third-order valence-electron chi connectivity index (χ3n) is 4.99. The van der Waals surface area contributed by atoms with Crippen LogP contribution in [0.2, 0.25) is 0 Å². The topological polar surface area (TPSA) is 73.0 Å². The van der Waals surface area contributed by atoms with Gasteiger partial charge in [-0.15, -0.1) is 11.3 Å². The largest absolute Gasteiger partial charge is 0.493 e. The van der Waals surface area contributed by atoms with Gasteiger partial charge in [0, 0.05) is 27.9 Å². The normalized spacial score (nSPS) is 16.1. The Morgan fingerprint density at radius 1 is 1.10 bits per heavy atom. The highest BCUT2D eigenvalue weighted by Crippen LogP contribution is 2.36. The molecule has 4 rings (SSSR count). The number of anilines is 2. The molecule has 29 heavy (non-hydrogen) atoms. The van der Waals surface area contributed by atoms with Crippen LogP contribution in [0.1, 0.15) is 28.5 Å². The number of rotatable bonds is 4. The average Bonchev–Trinajstić information content (AvgIpc) is 3.09. The molecular formula is C22H24N4O2S. The van der Waals surface area contributed by atoms with Gasteiger partial charge in [0.2, 0.25) is 5.13 Å². The number of nitrogens with two attached hydrogens (primary N) is 1. The Morgan fingerprint density at radius 3 is 2.41 bits per heavy atom. The Balaban J connectivity index is 1.93. The van der Waals surface area contributed by atoms with E-state index in [1.807, 2.05) is 47.6 Å². The fraction of sp³-hybridized carbons (Fsp3) is 0.273. The molecule has 1 unspecified atom stereocenters. The van der Waals surface area contributed by atoms with Gasteiger partial charge in [-0.1, -0.05) is 12.1 Å². The molecule has 0 radical (unpaired) electrons. The number of nitrogen functional groups attached to an aromatic ring is 1. The lowest BCUT2D eigenvalue weighted by Crippen LogP contribution is -2.29. The van der Waals surface area contributed by atoms with E-state index in [2.05, 4.69) is 18.8 Å². The molecule has 0 saturated carbocycles. The van der Waals surface area contributed by atoms with Crippen LogP contribution in [0, 0.1) is 6.92 Å². The van der Waals surface area contributed by atoms with Crippen molar-refractivity contribution in [2.24, 2.45) is 5.10 Å². The number of fused-ring (bicyclic) bond motifs is 1. The standard InChI is InChI=1S/C22H24N4O2S/c1-13-9-16-10-19(27-3)20(28-4)11-18(16)21(15-5-7-17(23)8-6-15)25-26(13)22-24-12-14(2)29-22/h5-8,10-13H,9,23H2,1-4H3. The molecule has 0 amide bonds. The van der Waals surface area contributed by atoms with Gasteiger partial charge in [-0.25, -0.2) is 9.99 Å². The van der Waals surface area contributed by atoms with E-state index in [1.54, 1.807) is 25.6 Å². The molecule has 1 aromatic heterocycles. The van der Waals surface area contributed by atoms with Crippen molar-refractivity contribution in [2.75, 3.05) is 25.0 Å². The summed E-state index contributed by atoms with van der Waals surface area (Å²) >= 11 is 1.64. The molecule has 2 aromatic carbocycles. The molecule has 0 aliphatic carbocycles. The lowest BCUT2D eigenvalue weighted by Gasteiger charge is -2.22. The van der Waals surface area contributed by atoms with E-state index in [9.17, 15) is 0 Å². The Labute approximate surface area is 174 Å². The van der Waals surface area contributed by atoms with Crippen LogP contribution in [0.25, 0.3) is 0 Å². The number of methoxy groups -OCH3 is 2. The van der Waals surface area contributed by atoms with Gasteiger partial charge in [-0.2, -0.15) is 5.10 Å². The van der Waals surface area contributed by atoms with E-state index in [4.69, 9.17) is 20.3 Å². The lowest BCUT2D eigenvalue weighted by atomic mass is 9.94. The highest BCUT2D eigenvalue weighted by molar-refractivity contribution is 7.15. The number of thiazole rings is 1. The summed E-state index contributed by atoms with van der Waals surface area (Å²) < 4.78 is 11.1. The van der Waals surface area contributed by atoms with Gasteiger partial charge in [-0.3, -0.25) is 0 Å². The summed E-state index contributed by atoms with van der Waals surface area (Å²) in [6.07, 6.45) is 2.69. The zero-order valence-electron chi connectivity index (χ0n) is 17.0. The number of nitrogens with zero attached hydrogens (tertiary/aromatic N) is 3. The summed E-state index contributed by atoms with van der Waals surface area (Å²) in [6.45, 7) is 4.21. The van der Waals surface area contributed by atoms with E-state index in [0.29, 0.717) is 11.5 Å².